The Balaban J connectivity index is 1.96. The van der Waals surface area contributed by atoms with Crippen LogP contribution in [0.4, 0.5) is 0 Å². The molecule has 0 aliphatic rings. The summed E-state index contributed by atoms with van der Waals surface area (Å²) in [5.41, 5.74) is 5.83. The third-order valence-corrected chi connectivity index (χ3v) is 6.32. The van der Waals surface area contributed by atoms with E-state index in [0.29, 0.717) is 18.7 Å². The maximum absolute atomic E-state index is 13.8. The van der Waals surface area contributed by atoms with Crippen LogP contribution in [0.3, 0.4) is 0 Å². The Morgan fingerprint density at radius 1 is 0.865 bits per heavy atom. The Labute approximate surface area is 221 Å². The van der Waals surface area contributed by atoms with Gasteiger partial charge >= 0.3 is 0 Å². The van der Waals surface area contributed by atoms with Crippen molar-refractivity contribution in [3.8, 4) is 5.75 Å². The zero-order valence-electron chi connectivity index (χ0n) is 23.2. The van der Waals surface area contributed by atoms with Crippen LogP contribution < -0.4 is 10.1 Å². The quantitative estimate of drug-likeness (QED) is 0.401. The molecule has 3 aromatic rings. The Kier molecular flexibility index (Phi) is 9.14. The minimum absolute atomic E-state index is 0.149. The van der Waals surface area contributed by atoms with E-state index in [-0.39, 0.29) is 18.4 Å². The van der Waals surface area contributed by atoms with E-state index in [0.717, 1.165) is 33.4 Å². The molecule has 0 aliphatic heterocycles. The number of nitrogens with one attached hydrogen (secondary N) is 1. The van der Waals surface area contributed by atoms with Gasteiger partial charge in [0.15, 0.2) is 6.61 Å². The second-order valence-electron chi connectivity index (χ2n) is 10.9. The van der Waals surface area contributed by atoms with Crippen molar-refractivity contribution < 1.29 is 14.3 Å². The normalized spacial score (nSPS) is 12.1. The van der Waals surface area contributed by atoms with Crippen molar-refractivity contribution in [2.24, 2.45) is 0 Å². The molecule has 0 saturated heterocycles. The lowest BCUT2D eigenvalue weighted by atomic mass is 10.0. The van der Waals surface area contributed by atoms with Crippen LogP contribution >= 0.6 is 0 Å². The minimum Gasteiger partial charge on any atom is -0.483 e. The topological polar surface area (TPSA) is 58.6 Å². The summed E-state index contributed by atoms with van der Waals surface area (Å²) in [6.45, 7) is 14.1. The van der Waals surface area contributed by atoms with Crippen LogP contribution in [0, 0.1) is 27.7 Å². The van der Waals surface area contributed by atoms with E-state index in [9.17, 15) is 9.59 Å². The van der Waals surface area contributed by atoms with Gasteiger partial charge in [-0.15, -0.1) is 0 Å². The average molecular weight is 501 g/mol. The second-order valence-corrected chi connectivity index (χ2v) is 10.9. The standard InChI is InChI=1S/C32H40N2O3/c1-22-12-11-15-27(17-22)20-34(30(35)21-37-29-18-23(2)16-24(3)25(29)4)28(31(36)33-32(5,6)7)19-26-13-9-8-10-14-26/h8-18,28H,19-21H2,1-7H3,(H,33,36)/t28-/m1/s1. The van der Waals surface area contributed by atoms with E-state index in [1.165, 1.54) is 0 Å². The zero-order chi connectivity index (χ0) is 27.2. The molecule has 0 spiro atoms. The molecule has 37 heavy (non-hydrogen) atoms. The second kappa shape index (κ2) is 12.1. The molecule has 0 bridgehead atoms. The van der Waals surface area contributed by atoms with Crippen LogP contribution in [-0.4, -0.2) is 34.9 Å². The smallest absolute Gasteiger partial charge is 0.261 e. The average Bonchev–Trinajstić information content (AvgIpc) is 2.82. The molecule has 0 heterocycles. The number of amides is 2. The number of benzene rings is 3. The predicted octanol–water partition coefficient (Wildman–Crippen LogP) is 5.85. The molecule has 3 aromatic carbocycles. The molecule has 5 heteroatoms. The molecule has 3 rings (SSSR count). The summed E-state index contributed by atoms with van der Waals surface area (Å²) in [6.07, 6.45) is 0.406. The molecular formula is C32H40N2O3. The number of nitrogens with zero attached hydrogens (tertiary/aromatic N) is 1. The summed E-state index contributed by atoms with van der Waals surface area (Å²) in [7, 11) is 0. The van der Waals surface area contributed by atoms with E-state index in [1.54, 1.807) is 4.90 Å². The Morgan fingerprint density at radius 3 is 2.19 bits per heavy atom. The van der Waals surface area contributed by atoms with E-state index in [4.69, 9.17) is 4.74 Å². The lowest BCUT2D eigenvalue weighted by Gasteiger charge is -2.34. The number of carbonyl (C=O) groups excluding carboxylic acids is 2. The molecule has 1 N–H and O–H groups in total. The molecule has 0 unspecified atom stereocenters. The summed E-state index contributed by atoms with van der Waals surface area (Å²) in [6, 6.07) is 21.2. The summed E-state index contributed by atoms with van der Waals surface area (Å²) in [4.78, 5) is 29.1. The first kappa shape index (κ1) is 28.0. The van der Waals surface area contributed by atoms with Gasteiger partial charge in [-0.25, -0.2) is 0 Å². The lowest BCUT2D eigenvalue weighted by molar-refractivity contribution is -0.143. The van der Waals surface area contributed by atoms with E-state index in [2.05, 4.69) is 17.4 Å². The van der Waals surface area contributed by atoms with E-state index < -0.39 is 11.6 Å². The monoisotopic (exact) mass is 500 g/mol. The molecule has 1 atom stereocenters. The van der Waals surface area contributed by atoms with Gasteiger partial charge in [-0.1, -0.05) is 66.2 Å². The molecular weight excluding hydrogens is 460 g/mol. The third-order valence-electron chi connectivity index (χ3n) is 6.32. The van der Waals surface area contributed by atoms with Crippen molar-refractivity contribution in [2.45, 2.75) is 73.0 Å². The summed E-state index contributed by atoms with van der Waals surface area (Å²) in [5, 5.41) is 3.10. The minimum atomic E-state index is -0.696. The Morgan fingerprint density at radius 2 is 1.54 bits per heavy atom. The van der Waals surface area contributed by atoms with Crippen molar-refractivity contribution in [2.75, 3.05) is 6.61 Å². The molecule has 0 fully saturated rings. The molecule has 0 aromatic heterocycles. The van der Waals surface area contributed by atoms with Gasteiger partial charge in [-0.2, -0.15) is 0 Å². The first-order valence-corrected chi connectivity index (χ1v) is 12.8. The van der Waals surface area contributed by atoms with Gasteiger partial charge in [0.2, 0.25) is 5.91 Å². The van der Waals surface area contributed by atoms with Crippen molar-refractivity contribution in [3.63, 3.8) is 0 Å². The molecule has 5 nitrogen and oxygen atoms in total. The van der Waals surface area contributed by atoms with Crippen LogP contribution in [0.25, 0.3) is 0 Å². The highest BCUT2D eigenvalue weighted by molar-refractivity contribution is 5.89. The number of aryl methyl sites for hydroxylation is 3. The summed E-state index contributed by atoms with van der Waals surface area (Å²) in [5.74, 6) is 0.283. The Bertz CT molecular complexity index is 1230. The van der Waals surface area contributed by atoms with E-state index >= 15 is 0 Å². The molecule has 0 radical (unpaired) electrons. The van der Waals surface area contributed by atoms with Crippen LogP contribution in [-0.2, 0) is 22.6 Å². The molecule has 0 aliphatic carbocycles. The first-order valence-electron chi connectivity index (χ1n) is 12.8. The lowest BCUT2D eigenvalue weighted by Crippen LogP contribution is -2.55. The van der Waals surface area contributed by atoms with Gasteiger partial charge in [0.1, 0.15) is 11.8 Å². The van der Waals surface area contributed by atoms with Gasteiger partial charge < -0.3 is 15.0 Å². The largest absolute Gasteiger partial charge is 0.483 e. The highest BCUT2D eigenvalue weighted by atomic mass is 16.5. The van der Waals surface area contributed by atoms with Crippen molar-refractivity contribution in [1.29, 1.82) is 0 Å². The number of ether oxygens (including phenoxy) is 1. The molecule has 0 saturated carbocycles. The van der Waals surface area contributed by atoms with Gasteiger partial charge in [0.05, 0.1) is 0 Å². The van der Waals surface area contributed by atoms with Crippen LogP contribution in [0.15, 0.2) is 66.7 Å². The van der Waals surface area contributed by atoms with Crippen LogP contribution in [0.5, 0.6) is 5.75 Å². The van der Waals surface area contributed by atoms with Gasteiger partial charge in [0, 0.05) is 18.5 Å². The van der Waals surface area contributed by atoms with Gasteiger partial charge in [-0.05, 0) is 82.3 Å². The first-order chi connectivity index (χ1) is 17.4. The molecule has 196 valence electrons. The predicted molar refractivity (Wildman–Crippen MR) is 150 cm³/mol. The van der Waals surface area contributed by atoms with Gasteiger partial charge in [-0.3, -0.25) is 9.59 Å². The SMILES string of the molecule is Cc1cccc(CN(C(=O)COc2cc(C)cc(C)c2C)[C@H](Cc2ccccc2)C(=O)NC(C)(C)C)c1. The number of carbonyl (C=O) groups is 2. The fourth-order valence-electron chi connectivity index (χ4n) is 4.39. The highest BCUT2D eigenvalue weighted by Gasteiger charge is 2.32. The van der Waals surface area contributed by atoms with E-state index in [1.807, 2.05) is 103 Å². The molecule has 2 amide bonds. The fraction of sp³-hybridized carbons (Fsp3) is 0.375. The summed E-state index contributed by atoms with van der Waals surface area (Å²) >= 11 is 0. The number of hydrogen-bond acceptors (Lipinski definition) is 3. The zero-order valence-corrected chi connectivity index (χ0v) is 23.2. The maximum atomic E-state index is 13.8. The van der Waals surface area contributed by atoms with Crippen molar-refractivity contribution >= 4 is 11.8 Å². The number of rotatable bonds is 9. The van der Waals surface area contributed by atoms with Crippen LogP contribution in [0.2, 0.25) is 0 Å². The summed E-state index contributed by atoms with van der Waals surface area (Å²) < 4.78 is 6.06. The maximum Gasteiger partial charge on any atom is 0.261 e. The van der Waals surface area contributed by atoms with Crippen molar-refractivity contribution in [3.05, 3.63) is 100 Å². The number of hydrogen-bond donors (Lipinski definition) is 1. The fourth-order valence-corrected chi connectivity index (χ4v) is 4.39. The van der Waals surface area contributed by atoms with Crippen LogP contribution in [0.1, 0.15) is 54.2 Å². The van der Waals surface area contributed by atoms with Gasteiger partial charge in [0.25, 0.3) is 5.91 Å². The highest BCUT2D eigenvalue weighted by Crippen LogP contribution is 2.24. The third kappa shape index (κ3) is 8.21. The van der Waals surface area contributed by atoms with Crippen molar-refractivity contribution in [1.82, 2.24) is 10.2 Å². The Hall–Kier alpha value is -3.60.